The fourth-order valence-electron chi connectivity index (χ4n) is 2.90. The van der Waals surface area contributed by atoms with Crippen molar-refractivity contribution in [2.75, 3.05) is 32.3 Å². The largest absolute Gasteiger partial charge is 0.495 e. The second-order valence-electron chi connectivity index (χ2n) is 6.55. The number of rotatable bonds is 7. The molecule has 0 aliphatic rings. The summed E-state index contributed by atoms with van der Waals surface area (Å²) in [4.78, 5) is 35.8. The molecule has 2 aromatic heterocycles. The molecule has 0 aliphatic heterocycles. The Balaban J connectivity index is 1.78. The number of likely N-dealkylation sites (N-methyl/N-ethyl adjacent to an activating group) is 1. The van der Waals surface area contributed by atoms with Crippen LogP contribution < -0.4 is 10.1 Å². The van der Waals surface area contributed by atoms with Crippen molar-refractivity contribution in [3.05, 3.63) is 52.9 Å². The number of hydrogen-bond donors (Lipinski definition) is 1. The molecule has 10 heteroatoms. The van der Waals surface area contributed by atoms with Crippen LogP contribution in [-0.2, 0) is 4.79 Å². The number of halogens is 1. The van der Waals surface area contributed by atoms with E-state index in [0.29, 0.717) is 44.3 Å². The Morgan fingerprint density at radius 3 is 2.71 bits per heavy atom. The van der Waals surface area contributed by atoms with E-state index in [-0.39, 0.29) is 12.5 Å². The first-order valence-corrected chi connectivity index (χ1v) is 10.8. The number of carbonyl (C=O) groups is 2. The molecular formula is C21H21ClN4O4S. The fourth-order valence-corrected chi connectivity index (χ4v) is 3.69. The number of anilines is 1. The maximum absolute atomic E-state index is 13.1. The van der Waals surface area contributed by atoms with Crippen molar-refractivity contribution in [3.8, 4) is 17.3 Å². The van der Waals surface area contributed by atoms with E-state index >= 15 is 0 Å². The predicted molar refractivity (Wildman–Crippen MR) is 120 cm³/mol. The molecule has 0 aliphatic carbocycles. The van der Waals surface area contributed by atoms with Crippen LogP contribution in [-0.4, -0.2) is 53.6 Å². The van der Waals surface area contributed by atoms with Gasteiger partial charge in [0.25, 0.3) is 5.91 Å². The van der Waals surface area contributed by atoms with Gasteiger partial charge < -0.3 is 19.4 Å². The summed E-state index contributed by atoms with van der Waals surface area (Å²) in [6.45, 7) is 1.55. The molecule has 0 radical (unpaired) electrons. The Morgan fingerprint density at radius 2 is 2.06 bits per heavy atom. The molecule has 0 spiro atoms. The van der Waals surface area contributed by atoms with Crippen LogP contribution >= 0.6 is 23.4 Å². The highest BCUT2D eigenvalue weighted by molar-refractivity contribution is 7.98. The number of thioether (sulfide) groups is 1. The first-order chi connectivity index (χ1) is 14.8. The lowest BCUT2D eigenvalue weighted by molar-refractivity contribution is -0.116. The molecule has 2 heterocycles. The minimum atomic E-state index is -0.395. The molecule has 3 rings (SSSR count). The minimum Gasteiger partial charge on any atom is -0.495 e. The van der Waals surface area contributed by atoms with E-state index in [4.69, 9.17) is 20.8 Å². The summed E-state index contributed by atoms with van der Waals surface area (Å²) in [5, 5.41) is 3.68. The summed E-state index contributed by atoms with van der Waals surface area (Å²) >= 11 is 7.32. The topological polar surface area (TPSA) is 97.6 Å². The van der Waals surface area contributed by atoms with E-state index in [1.807, 2.05) is 6.26 Å². The van der Waals surface area contributed by atoms with Gasteiger partial charge in [-0.15, -0.1) is 11.8 Å². The molecule has 0 atom stereocenters. The first-order valence-electron chi connectivity index (χ1n) is 9.19. The van der Waals surface area contributed by atoms with Crippen LogP contribution in [0, 0.1) is 6.92 Å². The average Bonchev–Trinajstić information content (AvgIpc) is 3.27. The maximum Gasteiger partial charge on any atom is 0.258 e. The third-order valence-corrected chi connectivity index (χ3v) is 5.29. The number of aromatic nitrogens is 2. The molecule has 3 aromatic rings. The van der Waals surface area contributed by atoms with Gasteiger partial charge in [-0.05, 0) is 43.5 Å². The molecule has 0 fully saturated rings. The fraction of sp³-hybridized carbons (Fsp3) is 0.238. The summed E-state index contributed by atoms with van der Waals surface area (Å²) in [5.41, 5.74) is 1.27. The minimum absolute atomic E-state index is 0.179. The lowest BCUT2D eigenvalue weighted by Crippen LogP contribution is -2.36. The van der Waals surface area contributed by atoms with Crippen LogP contribution in [0.4, 0.5) is 5.69 Å². The lowest BCUT2D eigenvalue weighted by Gasteiger charge is -2.19. The number of ether oxygens (including phenoxy) is 1. The number of nitrogens with one attached hydrogen (secondary N) is 1. The van der Waals surface area contributed by atoms with Gasteiger partial charge in [-0.3, -0.25) is 9.59 Å². The van der Waals surface area contributed by atoms with Crippen LogP contribution in [0.15, 0.2) is 46.0 Å². The average molecular weight is 461 g/mol. The zero-order chi connectivity index (χ0) is 22.5. The summed E-state index contributed by atoms with van der Waals surface area (Å²) in [5.74, 6) is 0.626. The van der Waals surface area contributed by atoms with E-state index in [0.717, 1.165) is 0 Å². The maximum atomic E-state index is 13.1. The number of nitrogens with zero attached hydrogens (tertiary/aromatic N) is 3. The van der Waals surface area contributed by atoms with Crippen LogP contribution in [0.3, 0.4) is 0 Å². The van der Waals surface area contributed by atoms with Gasteiger partial charge in [0.1, 0.15) is 10.8 Å². The van der Waals surface area contributed by atoms with Gasteiger partial charge >= 0.3 is 0 Å². The third kappa shape index (κ3) is 5.18. The van der Waals surface area contributed by atoms with E-state index in [1.165, 1.54) is 30.0 Å². The van der Waals surface area contributed by atoms with Gasteiger partial charge in [0.2, 0.25) is 5.91 Å². The summed E-state index contributed by atoms with van der Waals surface area (Å²) in [7, 11) is 3.04. The van der Waals surface area contributed by atoms with Crippen LogP contribution in [0.1, 0.15) is 16.1 Å². The van der Waals surface area contributed by atoms with Crippen molar-refractivity contribution < 1.29 is 18.7 Å². The second-order valence-corrected chi connectivity index (χ2v) is 7.78. The zero-order valence-corrected chi connectivity index (χ0v) is 19.0. The van der Waals surface area contributed by atoms with E-state index in [1.54, 1.807) is 44.3 Å². The molecule has 0 saturated carbocycles. The number of furan rings is 1. The first kappa shape index (κ1) is 22.6. The van der Waals surface area contributed by atoms with Crippen molar-refractivity contribution >= 4 is 40.9 Å². The van der Waals surface area contributed by atoms with Gasteiger partial charge in [-0.2, -0.15) is 0 Å². The van der Waals surface area contributed by atoms with Crippen molar-refractivity contribution in [3.63, 3.8) is 0 Å². The van der Waals surface area contributed by atoms with Gasteiger partial charge in [0, 0.05) is 12.1 Å². The van der Waals surface area contributed by atoms with Crippen molar-refractivity contribution in [1.29, 1.82) is 0 Å². The number of methoxy groups -OCH3 is 1. The second kappa shape index (κ2) is 9.84. The number of hydrogen-bond acceptors (Lipinski definition) is 7. The zero-order valence-electron chi connectivity index (χ0n) is 17.4. The van der Waals surface area contributed by atoms with E-state index in [9.17, 15) is 9.59 Å². The van der Waals surface area contributed by atoms with Gasteiger partial charge in [0.05, 0.1) is 36.9 Å². The Bertz CT molecular complexity index is 1110. The highest BCUT2D eigenvalue weighted by atomic mass is 35.5. The summed E-state index contributed by atoms with van der Waals surface area (Å²) < 4.78 is 10.6. The predicted octanol–water partition coefficient (Wildman–Crippen LogP) is 4.14. The third-order valence-electron chi connectivity index (χ3n) is 4.37. The standard InChI is InChI=1S/C21H21ClN4O4S/c1-12-18(20(31-4)25-19(23-12)16-6-5-9-30-16)21(28)26(2)11-17(27)24-14-10-13(22)7-8-15(14)29-3/h5-10H,11H2,1-4H3,(H,24,27). The van der Waals surface area contributed by atoms with Crippen molar-refractivity contribution in [2.45, 2.75) is 11.9 Å². The molecule has 0 saturated heterocycles. The van der Waals surface area contributed by atoms with Crippen LogP contribution in [0.5, 0.6) is 5.75 Å². The van der Waals surface area contributed by atoms with Crippen LogP contribution in [0.2, 0.25) is 5.02 Å². The Morgan fingerprint density at radius 1 is 1.29 bits per heavy atom. The normalized spacial score (nSPS) is 10.6. The monoisotopic (exact) mass is 460 g/mol. The number of amides is 2. The molecule has 31 heavy (non-hydrogen) atoms. The van der Waals surface area contributed by atoms with Gasteiger partial charge in [0.15, 0.2) is 11.6 Å². The van der Waals surface area contributed by atoms with Crippen molar-refractivity contribution in [1.82, 2.24) is 14.9 Å². The highest BCUT2D eigenvalue weighted by Gasteiger charge is 2.24. The Hall–Kier alpha value is -3.04. The van der Waals surface area contributed by atoms with Gasteiger partial charge in [-0.1, -0.05) is 11.6 Å². The van der Waals surface area contributed by atoms with Gasteiger partial charge in [-0.25, -0.2) is 9.97 Å². The Labute approximate surface area is 189 Å². The van der Waals surface area contributed by atoms with E-state index in [2.05, 4.69) is 15.3 Å². The highest BCUT2D eigenvalue weighted by Crippen LogP contribution is 2.28. The molecule has 1 aromatic carbocycles. The molecule has 1 N–H and O–H groups in total. The summed E-state index contributed by atoms with van der Waals surface area (Å²) in [6.07, 6.45) is 3.36. The molecular weight excluding hydrogens is 440 g/mol. The lowest BCUT2D eigenvalue weighted by atomic mass is 10.2. The summed E-state index contributed by atoms with van der Waals surface area (Å²) in [6, 6.07) is 8.38. The smallest absolute Gasteiger partial charge is 0.258 e. The molecule has 0 unspecified atom stereocenters. The number of benzene rings is 1. The van der Waals surface area contributed by atoms with E-state index < -0.39 is 5.91 Å². The van der Waals surface area contributed by atoms with Crippen molar-refractivity contribution in [2.24, 2.45) is 0 Å². The Kier molecular flexibility index (Phi) is 7.19. The molecule has 2 amide bonds. The number of carbonyl (C=O) groups excluding carboxylic acids is 2. The number of aryl methyl sites for hydroxylation is 1. The molecule has 8 nitrogen and oxygen atoms in total. The molecule has 0 bridgehead atoms. The van der Waals surface area contributed by atoms with Crippen LogP contribution in [0.25, 0.3) is 11.6 Å². The SMILES string of the molecule is COc1ccc(Cl)cc1NC(=O)CN(C)C(=O)c1c(C)nc(-c2ccco2)nc1SC. The molecule has 162 valence electrons. The quantitative estimate of drug-likeness (QED) is 0.418.